The lowest BCUT2D eigenvalue weighted by Crippen LogP contribution is -2.54. The summed E-state index contributed by atoms with van der Waals surface area (Å²) >= 11 is 0. The molecule has 0 aromatic heterocycles. The van der Waals surface area contributed by atoms with Crippen molar-refractivity contribution in [2.45, 2.75) is 97.1 Å². The highest BCUT2D eigenvalue weighted by atomic mass is 28.4. The van der Waals surface area contributed by atoms with Gasteiger partial charge in [-0.05, 0) is 64.6 Å². The Kier molecular flexibility index (Phi) is 7.13. The monoisotopic (exact) mass is 385 g/mol. The van der Waals surface area contributed by atoms with Crippen LogP contribution in [0.1, 0.15) is 67.7 Å². The molecule has 0 N–H and O–H groups in total. The Labute approximate surface area is 160 Å². The molecule has 6 heteroatoms. The molecule has 1 atom stereocenters. The second-order valence-corrected chi connectivity index (χ2v) is 15.0. The van der Waals surface area contributed by atoms with Gasteiger partial charge in [-0.2, -0.15) is 0 Å². The summed E-state index contributed by atoms with van der Waals surface area (Å²) in [4.78, 5) is 25.4. The molecule has 1 amide bonds. The van der Waals surface area contributed by atoms with Crippen LogP contribution < -0.4 is 0 Å². The van der Waals surface area contributed by atoms with Crippen LogP contribution >= 0.6 is 0 Å². The Bertz CT molecular complexity index is 499. The summed E-state index contributed by atoms with van der Waals surface area (Å²) in [6.45, 7) is 20.1. The van der Waals surface area contributed by atoms with Gasteiger partial charge in [0.25, 0.3) is 0 Å². The fourth-order valence-electron chi connectivity index (χ4n) is 3.19. The van der Waals surface area contributed by atoms with Gasteiger partial charge in [-0.15, -0.1) is 0 Å². The van der Waals surface area contributed by atoms with Crippen molar-refractivity contribution in [3.8, 4) is 0 Å². The summed E-state index contributed by atoms with van der Waals surface area (Å²) in [5.41, 5.74) is -0.948. The average molecular weight is 386 g/mol. The predicted molar refractivity (Wildman–Crippen MR) is 108 cm³/mol. The molecule has 1 rings (SSSR count). The third kappa shape index (κ3) is 6.08. The van der Waals surface area contributed by atoms with Crippen molar-refractivity contribution in [2.24, 2.45) is 5.92 Å². The third-order valence-electron chi connectivity index (χ3n) is 5.79. The largest absolute Gasteiger partial charge is 0.444 e. The van der Waals surface area contributed by atoms with Gasteiger partial charge in [0.05, 0.1) is 5.60 Å². The Morgan fingerprint density at radius 1 is 1.08 bits per heavy atom. The first-order valence-corrected chi connectivity index (χ1v) is 12.6. The van der Waals surface area contributed by atoms with Crippen LogP contribution in [0.5, 0.6) is 0 Å². The maximum absolute atomic E-state index is 12.3. The van der Waals surface area contributed by atoms with E-state index in [9.17, 15) is 9.59 Å². The topological polar surface area (TPSA) is 55.8 Å². The molecule has 152 valence electrons. The molecule has 1 saturated heterocycles. The van der Waals surface area contributed by atoms with Gasteiger partial charge in [-0.25, -0.2) is 4.79 Å². The Morgan fingerprint density at radius 2 is 1.58 bits per heavy atom. The number of rotatable bonds is 5. The second kappa shape index (κ2) is 8.01. The fraction of sp³-hybridized carbons (Fsp3) is 0.900. The van der Waals surface area contributed by atoms with Crippen molar-refractivity contribution >= 4 is 20.7 Å². The lowest BCUT2D eigenvalue weighted by Gasteiger charge is -2.49. The first-order valence-electron chi connectivity index (χ1n) is 9.73. The Hall–Kier alpha value is -0.883. The van der Waals surface area contributed by atoms with Gasteiger partial charge >= 0.3 is 6.09 Å². The van der Waals surface area contributed by atoms with Gasteiger partial charge in [0.2, 0.25) is 0 Å². The highest BCUT2D eigenvalue weighted by molar-refractivity contribution is 6.74. The minimum atomic E-state index is -2.00. The molecule has 0 aromatic carbocycles. The summed E-state index contributed by atoms with van der Waals surface area (Å²) in [6, 6.07) is 0. The molecule has 1 aliphatic heterocycles. The van der Waals surface area contributed by atoms with Crippen LogP contribution in [0.3, 0.4) is 0 Å². The van der Waals surface area contributed by atoms with E-state index in [0.717, 1.165) is 19.1 Å². The van der Waals surface area contributed by atoms with Crippen LogP contribution in [0.25, 0.3) is 0 Å². The van der Waals surface area contributed by atoms with Gasteiger partial charge in [0.1, 0.15) is 11.9 Å². The number of hydrogen-bond donors (Lipinski definition) is 0. The zero-order valence-corrected chi connectivity index (χ0v) is 19.3. The summed E-state index contributed by atoms with van der Waals surface area (Å²) in [5.74, 6) is 0.264. The first kappa shape index (κ1) is 23.2. The summed E-state index contributed by atoms with van der Waals surface area (Å²) in [6.07, 6.45) is 2.79. The van der Waals surface area contributed by atoms with E-state index in [4.69, 9.17) is 9.16 Å². The number of hydrogen-bond acceptors (Lipinski definition) is 4. The molecular weight excluding hydrogens is 346 g/mol. The SMILES string of the molecule is CC(C)(C)OC(=O)N1CCC([C@](C)(CC=O)O[Si](C)(C)C(C)(C)C)CC1. The van der Waals surface area contributed by atoms with E-state index in [1.807, 2.05) is 20.8 Å². The van der Waals surface area contributed by atoms with Gasteiger partial charge in [-0.1, -0.05) is 20.8 Å². The molecule has 1 heterocycles. The molecule has 0 radical (unpaired) electrons. The molecule has 0 spiro atoms. The minimum Gasteiger partial charge on any atom is -0.444 e. The maximum atomic E-state index is 12.3. The van der Waals surface area contributed by atoms with E-state index in [1.165, 1.54) is 0 Å². The predicted octanol–water partition coefficient (Wildman–Crippen LogP) is 5.00. The number of aldehydes is 1. The zero-order valence-electron chi connectivity index (χ0n) is 18.3. The summed E-state index contributed by atoms with van der Waals surface area (Å²) in [5, 5.41) is 0.0916. The van der Waals surface area contributed by atoms with Gasteiger partial charge in [0, 0.05) is 19.5 Å². The maximum Gasteiger partial charge on any atom is 0.410 e. The molecule has 26 heavy (non-hydrogen) atoms. The molecule has 0 aliphatic carbocycles. The molecule has 0 aromatic rings. The molecule has 1 fully saturated rings. The van der Waals surface area contributed by atoms with Crippen LogP contribution in [-0.2, 0) is 14.0 Å². The standard InChI is InChI=1S/C20H39NO4Si/c1-18(2,3)24-17(23)21-13-10-16(11-14-21)20(7,12-15-22)25-26(8,9)19(4,5)6/h15-16H,10-14H2,1-9H3/t20-/m0/s1. The van der Waals surface area contributed by atoms with Crippen LogP contribution in [-0.4, -0.2) is 49.9 Å². The average Bonchev–Trinajstić information content (AvgIpc) is 2.44. The van der Waals surface area contributed by atoms with E-state index in [-0.39, 0.29) is 17.0 Å². The first-order chi connectivity index (χ1) is 11.6. The van der Waals surface area contributed by atoms with Crippen molar-refractivity contribution in [1.29, 1.82) is 0 Å². The molecular formula is C20H39NO4Si. The van der Waals surface area contributed by atoms with Crippen LogP contribution in [0.4, 0.5) is 4.79 Å². The van der Waals surface area contributed by atoms with Gasteiger partial charge < -0.3 is 18.9 Å². The molecule has 0 unspecified atom stereocenters. The van der Waals surface area contributed by atoms with E-state index < -0.39 is 19.5 Å². The van der Waals surface area contributed by atoms with Crippen molar-refractivity contribution in [3.63, 3.8) is 0 Å². The number of carbonyl (C=O) groups is 2. The highest BCUT2D eigenvalue weighted by Gasteiger charge is 2.46. The van der Waals surface area contributed by atoms with Crippen molar-refractivity contribution < 1.29 is 18.8 Å². The molecule has 0 saturated carbocycles. The number of nitrogens with zero attached hydrogens (tertiary/aromatic N) is 1. The Morgan fingerprint density at radius 3 is 1.96 bits per heavy atom. The normalized spacial score (nSPS) is 19.8. The van der Waals surface area contributed by atoms with E-state index in [1.54, 1.807) is 4.90 Å². The zero-order chi connectivity index (χ0) is 20.4. The lowest BCUT2D eigenvalue weighted by molar-refractivity contribution is -0.114. The molecule has 1 aliphatic rings. The lowest BCUT2D eigenvalue weighted by atomic mass is 9.80. The number of amides is 1. The van der Waals surface area contributed by atoms with Crippen molar-refractivity contribution in [2.75, 3.05) is 13.1 Å². The smallest absolute Gasteiger partial charge is 0.410 e. The van der Waals surface area contributed by atoms with Crippen molar-refractivity contribution in [1.82, 2.24) is 4.90 Å². The molecule has 0 bridgehead atoms. The van der Waals surface area contributed by atoms with Crippen LogP contribution in [0.15, 0.2) is 0 Å². The summed E-state index contributed by atoms with van der Waals surface area (Å²) in [7, 11) is -2.00. The van der Waals surface area contributed by atoms with Crippen LogP contribution in [0, 0.1) is 5.92 Å². The van der Waals surface area contributed by atoms with Gasteiger partial charge in [0.15, 0.2) is 8.32 Å². The number of carbonyl (C=O) groups excluding carboxylic acids is 2. The quantitative estimate of drug-likeness (QED) is 0.493. The third-order valence-corrected chi connectivity index (χ3v) is 10.4. The second-order valence-electron chi connectivity index (χ2n) is 10.3. The fourth-order valence-corrected chi connectivity index (χ4v) is 4.91. The Balaban J connectivity index is 2.82. The molecule has 5 nitrogen and oxygen atoms in total. The van der Waals surface area contributed by atoms with E-state index >= 15 is 0 Å². The highest BCUT2D eigenvalue weighted by Crippen LogP contribution is 2.43. The van der Waals surface area contributed by atoms with Gasteiger partial charge in [-0.3, -0.25) is 0 Å². The number of likely N-dealkylation sites (tertiary alicyclic amines) is 1. The van der Waals surface area contributed by atoms with E-state index in [0.29, 0.717) is 19.5 Å². The summed E-state index contributed by atoms with van der Waals surface area (Å²) < 4.78 is 12.2. The minimum absolute atomic E-state index is 0.0916. The number of piperidine rings is 1. The number of ether oxygens (including phenoxy) is 1. The van der Waals surface area contributed by atoms with Crippen LogP contribution in [0.2, 0.25) is 18.1 Å². The van der Waals surface area contributed by atoms with E-state index in [2.05, 4.69) is 40.8 Å². The van der Waals surface area contributed by atoms with Crippen molar-refractivity contribution in [3.05, 3.63) is 0 Å².